The number of hydrogen-bond acceptors (Lipinski definition) is 3. The van der Waals surface area contributed by atoms with Crippen molar-refractivity contribution >= 4 is 49.7 Å². The van der Waals surface area contributed by atoms with E-state index in [1.54, 1.807) is 13.0 Å². The third-order valence-electron chi connectivity index (χ3n) is 4.38. The maximum Gasteiger partial charge on any atom is 0.163 e. The summed E-state index contributed by atoms with van der Waals surface area (Å²) in [6, 6.07) is 17.6. The molecule has 0 amide bonds. The summed E-state index contributed by atoms with van der Waals surface area (Å²) in [6.07, 6.45) is 0. The molecule has 0 saturated heterocycles. The summed E-state index contributed by atoms with van der Waals surface area (Å²) in [7, 11) is 0. The lowest BCUT2D eigenvalue weighted by atomic mass is 10.1. The summed E-state index contributed by atoms with van der Waals surface area (Å²) in [4.78, 5) is 11.8. The molecule has 0 aliphatic heterocycles. The van der Waals surface area contributed by atoms with Crippen LogP contribution < -0.4 is 0 Å². The van der Waals surface area contributed by atoms with Gasteiger partial charge in [0.1, 0.15) is 22.3 Å². The molecule has 5 aromatic rings. The van der Waals surface area contributed by atoms with Crippen LogP contribution in [0, 0.1) is 0 Å². The van der Waals surface area contributed by atoms with Crippen molar-refractivity contribution in [1.29, 1.82) is 0 Å². The molecule has 0 spiro atoms. The first-order valence-electron chi connectivity index (χ1n) is 7.50. The van der Waals surface area contributed by atoms with Crippen molar-refractivity contribution in [3.8, 4) is 0 Å². The molecule has 5 rings (SSSR count). The van der Waals surface area contributed by atoms with Gasteiger partial charge in [-0.3, -0.25) is 4.79 Å². The van der Waals surface area contributed by atoms with Crippen LogP contribution in [0.3, 0.4) is 0 Å². The molecule has 110 valence electrons. The van der Waals surface area contributed by atoms with Gasteiger partial charge >= 0.3 is 0 Å². The van der Waals surface area contributed by atoms with Crippen LogP contribution in [0.1, 0.15) is 17.3 Å². The highest BCUT2D eigenvalue weighted by Gasteiger charge is 2.16. The van der Waals surface area contributed by atoms with E-state index in [9.17, 15) is 4.79 Å². The largest absolute Gasteiger partial charge is 0.456 e. The minimum atomic E-state index is 0.00351. The third-order valence-corrected chi connectivity index (χ3v) is 4.38. The summed E-state index contributed by atoms with van der Waals surface area (Å²) in [5.74, 6) is 0.00351. The predicted molar refractivity (Wildman–Crippen MR) is 91.0 cm³/mol. The topological polar surface area (TPSA) is 43.4 Å². The number of ketones is 1. The first-order valence-corrected chi connectivity index (χ1v) is 7.50. The lowest BCUT2D eigenvalue weighted by Gasteiger charge is -1.95. The van der Waals surface area contributed by atoms with Gasteiger partial charge in [0.25, 0.3) is 0 Å². The Morgan fingerprint density at radius 3 is 2.26 bits per heavy atom. The van der Waals surface area contributed by atoms with E-state index in [1.165, 1.54) is 0 Å². The zero-order valence-electron chi connectivity index (χ0n) is 12.4. The van der Waals surface area contributed by atoms with Crippen LogP contribution in [0.5, 0.6) is 0 Å². The van der Waals surface area contributed by atoms with Crippen molar-refractivity contribution in [2.45, 2.75) is 6.92 Å². The molecule has 0 fully saturated rings. The Labute approximate surface area is 131 Å². The minimum absolute atomic E-state index is 0.00351. The van der Waals surface area contributed by atoms with E-state index in [0.717, 1.165) is 38.3 Å². The lowest BCUT2D eigenvalue weighted by Crippen LogP contribution is -1.91. The molecule has 3 nitrogen and oxygen atoms in total. The van der Waals surface area contributed by atoms with Crippen LogP contribution in [0.25, 0.3) is 43.9 Å². The second kappa shape index (κ2) is 4.23. The molecule has 0 unspecified atom stereocenters. The van der Waals surface area contributed by atoms with Crippen molar-refractivity contribution in [2.75, 3.05) is 0 Å². The Balaban J connectivity index is 1.98. The first-order chi connectivity index (χ1) is 11.2. The van der Waals surface area contributed by atoms with Crippen molar-refractivity contribution in [1.82, 2.24) is 0 Å². The average molecular weight is 300 g/mol. The summed E-state index contributed by atoms with van der Waals surface area (Å²) >= 11 is 0. The van der Waals surface area contributed by atoms with Crippen LogP contribution in [-0.2, 0) is 0 Å². The Hall–Kier alpha value is -3.07. The Morgan fingerprint density at radius 2 is 1.43 bits per heavy atom. The fraction of sp³-hybridized carbons (Fsp3) is 0.0500. The zero-order chi connectivity index (χ0) is 15.6. The van der Waals surface area contributed by atoms with Crippen molar-refractivity contribution in [3.63, 3.8) is 0 Å². The van der Waals surface area contributed by atoms with Gasteiger partial charge < -0.3 is 8.83 Å². The zero-order valence-corrected chi connectivity index (χ0v) is 12.4. The highest BCUT2D eigenvalue weighted by molar-refractivity contribution is 6.17. The van der Waals surface area contributed by atoms with Gasteiger partial charge in [-0.15, -0.1) is 0 Å². The number of benzene rings is 3. The molecule has 0 N–H and O–H groups in total. The normalized spacial score (nSPS) is 11.9. The van der Waals surface area contributed by atoms with Crippen molar-refractivity contribution in [2.24, 2.45) is 0 Å². The SMILES string of the molecule is CC(=O)c1cccc2c1oc1cc3c(cc12)oc1ccccc13. The van der Waals surface area contributed by atoms with Gasteiger partial charge in [0, 0.05) is 21.5 Å². The highest BCUT2D eigenvalue weighted by atomic mass is 16.3. The van der Waals surface area contributed by atoms with Crippen LogP contribution in [-0.4, -0.2) is 5.78 Å². The van der Waals surface area contributed by atoms with E-state index in [2.05, 4.69) is 0 Å². The maximum atomic E-state index is 11.8. The molecule has 23 heavy (non-hydrogen) atoms. The van der Waals surface area contributed by atoms with E-state index in [0.29, 0.717) is 11.1 Å². The number of hydrogen-bond donors (Lipinski definition) is 0. The van der Waals surface area contributed by atoms with E-state index < -0.39 is 0 Å². The second-order valence-corrected chi connectivity index (χ2v) is 5.78. The number of furan rings is 2. The molecule has 2 aromatic heterocycles. The molecule has 0 bridgehead atoms. The predicted octanol–water partition coefficient (Wildman–Crippen LogP) is 5.69. The second-order valence-electron chi connectivity index (χ2n) is 5.78. The van der Waals surface area contributed by atoms with Gasteiger partial charge in [-0.05, 0) is 31.2 Å². The highest BCUT2D eigenvalue weighted by Crippen LogP contribution is 2.37. The van der Waals surface area contributed by atoms with E-state index in [4.69, 9.17) is 8.83 Å². The number of rotatable bonds is 1. The minimum Gasteiger partial charge on any atom is -0.456 e. The van der Waals surface area contributed by atoms with Gasteiger partial charge in [-0.2, -0.15) is 0 Å². The molecule has 2 heterocycles. The number of carbonyl (C=O) groups excluding carboxylic acids is 1. The van der Waals surface area contributed by atoms with Crippen LogP contribution in [0.4, 0.5) is 0 Å². The molecule has 3 heteroatoms. The number of para-hydroxylation sites is 2. The maximum absolute atomic E-state index is 11.8. The van der Waals surface area contributed by atoms with Crippen LogP contribution >= 0.6 is 0 Å². The Morgan fingerprint density at radius 1 is 0.739 bits per heavy atom. The van der Waals surface area contributed by atoms with Gasteiger partial charge in [0.2, 0.25) is 0 Å². The molecule has 0 saturated carbocycles. The fourth-order valence-corrected chi connectivity index (χ4v) is 3.29. The average Bonchev–Trinajstić information content (AvgIpc) is 3.09. The standard InChI is InChI=1S/C20H12O3/c1-11(21)12-6-4-7-14-16-10-18-15(9-19(16)23-20(12)14)13-5-2-3-8-17(13)22-18/h2-10H,1H3. The Kier molecular flexibility index (Phi) is 2.29. The summed E-state index contributed by atoms with van der Waals surface area (Å²) < 4.78 is 12.0. The molecule has 0 aliphatic carbocycles. The molecule has 3 aromatic carbocycles. The summed E-state index contributed by atoms with van der Waals surface area (Å²) in [5.41, 5.74) is 3.72. The van der Waals surface area contributed by atoms with Crippen molar-refractivity contribution in [3.05, 3.63) is 60.2 Å². The molecular weight excluding hydrogens is 288 g/mol. The smallest absolute Gasteiger partial charge is 0.163 e. The summed E-state index contributed by atoms with van der Waals surface area (Å²) in [5, 5.41) is 4.00. The van der Waals surface area contributed by atoms with Gasteiger partial charge in [-0.1, -0.05) is 30.3 Å². The summed E-state index contributed by atoms with van der Waals surface area (Å²) in [6.45, 7) is 1.56. The molecule has 0 atom stereocenters. The molecule has 0 radical (unpaired) electrons. The van der Waals surface area contributed by atoms with Gasteiger partial charge in [0.15, 0.2) is 5.78 Å². The third kappa shape index (κ3) is 1.62. The number of carbonyl (C=O) groups is 1. The quantitative estimate of drug-likeness (QED) is 0.374. The Bertz CT molecular complexity index is 1240. The molecule has 0 aliphatic rings. The van der Waals surface area contributed by atoms with Crippen molar-refractivity contribution < 1.29 is 13.6 Å². The first kappa shape index (κ1) is 12.5. The molecular formula is C20H12O3. The number of Topliss-reactive ketones (excluding diaryl/α,β-unsaturated/α-hetero) is 1. The monoisotopic (exact) mass is 300 g/mol. The fourth-order valence-electron chi connectivity index (χ4n) is 3.29. The van der Waals surface area contributed by atoms with E-state index in [-0.39, 0.29) is 5.78 Å². The van der Waals surface area contributed by atoms with Gasteiger partial charge in [0.05, 0.1) is 5.56 Å². The van der Waals surface area contributed by atoms with Gasteiger partial charge in [-0.25, -0.2) is 0 Å². The van der Waals surface area contributed by atoms with E-state index in [1.807, 2.05) is 48.5 Å². The number of fused-ring (bicyclic) bond motifs is 6. The lowest BCUT2D eigenvalue weighted by molar-refractivity contribution is 0.101. The van der Waals surface area contributed by atoms with Crippen LogP contribution in [0.2, 0.25) is 0 Å². The van der Waals surface area contributed by atoms with E-state index >= 15 is 0 Å². The van der Waals surface area contributed by atoms with Crippen LogP contribution in [0.15, 0.2) is 63.4 Å².